The average molecular weight is 367 g/mol. The van der Waals surface area contributed by atoms with Gasteiger partial charge in [-0.1, -0.05) is 11.6 Å². The van der Waals surface area contributed by atoms with E-state index in [1.54, 1.807) is 6.20 Å². The molecule has 1 aliphatic rings. The number of halogens is 2. The summed E-state index contributed by atoms with van der Waals surface area (Å²) >= 11 is 9.70. The Morgan fingerprint density at radius 3 is 3.14 bits per heavy atom. The van der Waals surface area contributed by atoms with Crippen LogP contribution in [0.25, 0.3) is 5.52 Å². The highest BCUT2D eigenvalue weighted by atomic mass is 79.9. The molecule has 3 aromatic heterocycles. The number of fused-ring (bicyclic) bond motifs is 2. The summed E-state index contributed by atoms with van der Waals surface area (Å²) in [5.41, 5.74) is 3.40. The van der Waals surface area contributed by atoms with Crippen molar-refractivity contribution in [1.29, 1.82) is 0 Å². The number of hydrogen-bond acceptors (Lipinski definition) is 3. The molecule has 0 N–H and O–H groups in total. The van der Waals surface area contributed by atoms with E-state index in [1.807, 2.05) is 28.5 Å². The third kappa shape index (κ3) is 1.92. The maximum atomic E-state index is 6.20. The third-order valence-electron chi connectivity index (χ3n) is 4.18. The van der Waals surface area contributed by atoms with Crippen LogP contribution in [0.1, 0.15) is 35.8 Å². The molecule has 0 bridgehead atoms. The van der Waals surface area contributed by atoms with Crippen molar-refractivity contribution in [3.05, 3.63) is 45.4 Å². The maximum Gasteiger partial charge on any atom is 0.155 e. The van der Waals surface area contributed by atoms with Gasteiger partial charge in [-0.25, -0.2) is 9.97 Å². The van der Waals surface area contributed by atoms with E-state index >= 15 is 0 Å². The SMILES string of the molecule is Cn1ncc2c1CCC[C@H]2c1nc(Br)c2c(Cl)nccn12. The largest absolute Gasteiger partial charge is 0.298 e. The third-order valence-corrected chi connectivity index (χ3v) is 5.01. The Balaban J connectivity index is 1.94. The fraction of sp³-hybridized carbons (Fsp3) is 0.357. The van der Waals surface area contributed by atoms with Gasteiger partial charge >= 0.3 is 0 Å². The zero-order chi connectivity index (χ0) is 14.6. The molecular formula is C14H13BrClN5. The molecule has 0 amide bonds. The minimum absolute atomic E-state index is 0.250. The van der Waals surface area contributed by atoms with Crippen molar-refractivity contribution in [3.8, 4) is 0 Å². The first-order chi connectivity index (χ1) is 10.2. The van der Waals surface area contributed by atoms with Crippen LogP contribution in [-0.2, 0) is 13.5 Å². The molecule has 0 spiro atoms. The zero-order valence-electron chi connectivity index (χ0n) is 11.4. The van der Waals surface area contributed by atoms with Crippen LogP contribution < -0.4 is 0 Å². The molecule has 1 atom stereocenters. The molecule has 0 fully saturated rings. The summed E-state index contributed by atoms with van der Waals surface area (Å²) in [5, 5.41) is 4.87. The Morgan fingerprint density at radius 1 is 1.43 bits per heavy atom. The number of aromatic nitrogens is 5. The lowest BCUT2D eigenvalue weighted by molar-refractivity contribution is 0.563. The highest BCUT2D eigenvalue weighted by Crippen LogP contribution is 2.38. The van der Waals surface area contributed by atoms with Crippen LogP contribution >= 0.6 is 27.5 Å². The van der Waals surface area contributed by atoms with Crippen molar-refractivity contribution in [2.75, 3.05) is 0 Å². The molecular weight excluding hydrogens is 354 g/mol. The van der Waals surface area contributed by atoms with Gasteiger partial charge in [0, 0.05) is 36.6 Å². The molecule has 0 aliphatic heterocycles. The Kier molecular flexibility index (Phi) is 3.04. The second-order valence-electron chi connectivity index (χ2n) is 5.31. The molecule has 5 nitrogen and oxygen atoms in total. The second kappa shape index (κ2) is 4.81. The lowest BCUT2D eigenvalue weighted by Gasteiger charge is -2.21. The van der Waals surface area contributed by atoms with Gasteiger partial charge in [0.2, 0.25) is 0 Å². The van der Waals surface area contributed by atoms with Crippen molar-refractivity contribution >= 4 is 33.0 Å². The first-order valence-electron chi connectivity index (χ1n) is 6.85. The van der Waals surface area contributed by atoms with E-state index < -0.39 is 0 Å². The van der Waals surface area contributed by atoms with Crippen molar-refractivity contribution < 1.29 is 0 Å². The fourth-order valence-electron chi connectivity index (χ4n) is 3.20. The smallest absolute Gasteiger partial charge is 0.155 e. The van der Waals surface area contributed by atoms with Gasteiger partial charge in [-0.15, -0.1) is 0 Å². The van der Waals surface area contributed by atoms with Crippen molar-refractivity contribution in [2.45, 2.75) is 25.2 Å². The molecule has 0 aromatic carbocycles. The standard InChI is InChI=1S/C14H13BrClN5/c1-20-10-4-2-3-8(9(10)7-18-20)14-19-12(15)11-13(16)17-5-6-21(11)14/h5-8H,2-4H2,1H3/t8-/m1/s1. The molecule has 0 unspecified atom stereocenters. The molecule has 4 rings (SSSR count). The van der Waals surface area contributed by atoms with Crippen LogP contribution in [0.15, 0.2) is 23.2 Å². The highest BCUT2D eigenvalue weighted by Gasteiger charge is 2.29. The van der Waals surface area contributed by atoms with E-state index in [9.17, 15) is 0 Å². The molecule has 108 valence electrons. The maximum absolute atomic E-state index is 6.20. The summed E-state index contributed by atoms with van der Waals surface area (Å²) in [4.78, 5) is 8.83. The van der Waals surface area contributed by atoms with Gasteiger partial charge in [0.25, 0.3) is 0 Å². The minimum Gasteiger partial charge on any atom is -0.298 e. The molecule has 3 heterocycles. The number of nitrogens with zero attached hydrogens (tertiary/aromatic N) is 5. The molecule has 0 radical (unpaired) electrons. The number of aryl methyl sites for hydroxylation is 1. The van der Waals surface area contributed by atoms with E-state index in [1.165, 1.54) is 11.3 Å². The Labute approximate surface area is 135 Å². The van der Waals surface area contributed by atoms with E-state index in [0.29, 0.717) is 5.15 Å². The summed E-state index contributed by atoms with van der Waals surface area (Å²) in [6.07, 6.45) is 8.89. The van der Waals surface area contributed by atoms with E-state index in [4.69, 9.17) is 16.6 Å². The van der Waals surface area contributed by atoms with Crippen molar-refractivity contribution in [1.82, 2.24) is 24.1 Å². The van der Waals surface area contributed by atoms with Crippen LogP contribution in [-0.4, -0.2) is 24.1 Å². The monoisotopic (exact) mass is 365 g/mol. The predicted octanol–water partition coefficient (Wildman–Crippen LogP) is 3.35. The number of hydrogen-bond donors (Lipinski definition) is 0. The quantitative estimate of drug-likeness (QED) is 0.663. The lowest BCUT2D eigenvalue weighted by atomic mass is 9.86. The summed E-state index contributed by atoms with van der Waals surface area (Å²) < 4.78 is 4.75. The van der Waals surface area contributed by atoms with Crippen molar-refractivity contribution in [3.63, 3.8) is 0 Å². The Morgan fingerprint density at radius 2 is 2.29 bits per heavy atom. The molecule has 3 aromatic rings. The Bertz CT molecular complexity index is 837. The molecule has 1 aliphatic carbocycles. The van der Waals surface area contributed by atoms with Gasteiger partial charge in [0.1, 0.15) is 15.9 Å². The van der Waals surface area contributed by atoms with Crippen molar-refractivity contribution in [2.24, 2.45) is 7.05 Å². The molecule has 7 heteroatoms. The normalized spacial score (nSPS) is 18.1. The number of rotatable bonds is 1. The molecule has 21 heavy (non-hydrogen) atoms. The van der Waals surface area contributed by atoms with Crippen LogP contribution in [0.2, 0.25) is 5.15 Å². The van der Waals surface area contributed by atoms with Gasteiger partial charge in [-0.05, 0) is 35.2 Å². The summed E-state index contributed by atoms with van der Waals surface area (Å²) in [6.45, 7) is 0. The van der Waals surface area contributed by atoms with Gasteiger partial charge in [0.15, 0.2) is 5.15 Å². The second-order valence-corrected chi connectivity index (χ2v) is 6.42. The van der Waals surface area contributed by atoms with Crippen LogP contribution in [0.4, 0.5) is 0 Å². The van der Waals surface area contributed by atoms with E-state index in [2.05, 4.69) is 26.0 Å². The summed E-state index contributed by atoms with van der Waals surface area (Å²) in [7, 11) is 2.00. The summed E-state index contributed by atoms with van der Waals surface area (Å²) in [5.74, 6) is 1.25. The first-order valence-corrected chi connectivity index (χ1v) is 8.02. The molecule has 0 saturated heterocycles. The van der Waals surface area contributed by atoms with Gasteiger partial charge in [0.05, 0.1) is 6.20 Å². The van der Waals surface area contributed by atoms with Gasteiger partial charge in [-0.2, -0.15) is 5.10 Å². The van der Waals surface area contributed by atoms with Gasteiger partial charge < -0.3 is 0 Å². The Hall–Kier alpha value is -1.40. The van der Waals surface area contributed by atoms with E-state index in [0.717, 1.165) is 35.2 Å². The summed E-state index contributed by atoms with van der Waals surface area (Å²) in [6, 6.07) is 0. The number of imidazole rings is 1. The first kappa shape index (κ1) is 13.3. The van der Waals surface area contributed by atoms with Gasteiger partial charge in [-0.3, -0.25) is 9.08 Å². The highest BCUT2D eigenvalue weighted by molar-refractivity contribution is 9.10. The predicted molar refractivity (Wildman–Crippen MR) is 83.7 cm³/mol. The minimum atomic E-state index is 0.250. The fourth-order valence-corrected chi connectivity index (χ4v) is 4.12. The van der Waals surface area contributed by atoms with E-state index in [-0.39, 0.29) is 5.92 Å². The average Bonchev–Trinajstić information content (AvgIpc) is 3.02. The molecule has 0 saturated carbocycles. The topological polar surface area (TPSA) is 48.0 Å². The lowest BCUT2D eigenvalue weighted by Crippen LogP contribution is -2.14. The van der Waals surface area contributed by atoms with Crippen LogP contribution in [0, 0.1) is 0 Å². The van der Waals surface area contributed by atoms with Crippen LogP contribution in [0.3, 0.4) is 0 Å². The van der Waals surface area contributed by atoms with Crippen LogP contribution in [0.5, 0.6) is 0 Å². The zero-order valence-corrected chi connectivity index (χ0v) is 13.8.